The van der Waals surface area contributed by atoms with Crippen LogP contribution in [0, 0.1) is 0 Å². The zero-order valence-electron chi connectivity index (χ0n) is 6.55. The first kappa shape index (κ1) is 10.7. The number of ether oxygens (including phenoxy) is 1. The van der Waals surface area contributed by atoms with E-state index in [0.717, 1.165) is 6.07 Å². The lowest BCUT2D eigenvalue weighted by Crippen LogP contribution is -2.07. The maximum absolute atomic E-state index is 12.0. The Morgan fingerprint density at radius 1 is 1.21 bits per heavy atom. The highest BCUT2D eigenvalue weighted by Crippen LogP contribution is 2.29. The van der Waals surface area contributed by atoms with Crippen LogP contribution in [0.4, 0.5) is 22.0 Å². The normalized spacial score (nSPS) is 11.9. The summed E-state index contributed by atoms with van der Waals surface area (Å²) in [4.78, 5) is 3.06. The number of aromatic nitrogens is 1. The van der Waals surface area contributed by atoms with Gasteiger partial charge in [0, 0.05) is 12.3 Å². The molecular formula is C7H4F5NO. The van der Waals surface area contributed by atoms with Crippen molar-refractivity contribution in [2.75, 3.05) is 0 Å². The minimum absolute atomic E-state index is 0.428. The number of hydrogen-bond donors (Lipinski definition) is 0. The highest BCUT2D eigenvalue weighted by molar-refractivity contribution is 5.19. The Hall–Kier alpha value is -1.40. The Labute approximate surface area is 75.3 Å². The number of nitrogens with zero attached hydrogens (tertiary/aromatic N) is 1. The molecule has 1 aromatic heterocycles. The second-order valence-electron chi connectivity index (χ2n) is 2.26. The first-order valence-electron chi connectivity index (χ1n) is 3.37. The SMILES string of the molecule is FC(F)Oc1ccc(C(F)(F)F)cn1. The molecule has 0 saturated heterocycles. The highest BCUT2D eigenvalue weighted by Gasteiger charge is 2.30. The second kappa shape index (κ2) is 3.77. The molecule has 0 atom stereocenters. The molecule has 1 heterocycles. The fourth-order valence-electron chi connectivity index (χ4n) is 0.709. The van der Waals surface area contributed by atoms with Crippen LogP contribution < -0.4 is 4.74 Å². The molecule has 0 fully saturated rings. The summed E-state index contributed by atoms with van der Waals surface area (Å²) in [7, 11) is 0. The van der Waals surface area contributed by atoms with Crippen LogP contribution in [0.2, 0.25) is 0 Å². The predicted octanol–water partition coefficient (Wildman–Crippen LogP) is 2.70. The van der Waals surface area contributed by atoms with Crippen LogP contribution in [0.3, 0.4) is 0 Å². The topological polar surface area (TPSA) is 22.1 Å². The number of halogens is 5. The van der Waals surface area contributed by atoms with Crippen LogP contribution in [-0.4, -0.2) is 11.6 Å². The van der Waals surface area contributed by atoms with E-state index in [1.54, 1.807) is 0 Å². The zero-order valence-corrected chi connectivity index (χ0v) is 6.55. The summed E-state index contributed by atoms with van der Waals surface area (Å²) in [5.74, 6) is -0.548. The van der Waals surface area contributed by atoms with Crippen molar-refractivity contribution in [2.45, 2.75) is 12.8 Å². The summed E-state index contributed by atoms with van der Waals surface area (Å²) in [6.07, 6.45) is -4.10. The van der Waals surface area contributed by atoms with Gasteiger partial charge in [-0.1, -0.05) is 0 Å². The van der Waals surface area contributed by atoms with Gasteiger partial charge in [-0.25, -0.2) is 4.98 Å². The van der Waals surface area contributed by atoms with Crippen LogP contribution in [0.25, 0.3) is 0 Å². The lowest BCUT2D eigenvalue weighted by Gasteiger charge is -2.06. The third kappa shape index (κ3) is 2.82. The van der Waals surface area contributed by atoms with Gasteiger partial charge in [0.25, 0.3) is 0 Å². The molecule has 0 spiro atoms. The van der Waals surface area contributed by atoms with Gasteiger partial charge in [-0.3, -0.25) is 0 Å². The number of alkyl halides is 5. The third-order valence-corrected chi connectivity index (χ3v) is 1.27. The monoisotopic (exact) mass is 213 g/mol. The van der Waals surface area contributed by atoms with Gasteiger partial charge in [0.2, 0.25) is 5.88 Å². The van der Waals surface area contributed by atoms with Gasteiger partial charge in [0.15, 0.2) is 0 Å². The molecule has 1 aromatic rings. The van der Waals surface area contributed by atoms with E-state index in [-0.39, 0.29) is 0 Å². The van der Waals surface area contributed by atoms with E-state index in [4.69, 9.17) is 0 Å². The van der Waals surface area contributed by atoms with Crippen molar-refractivity contribution in [3.05, 3.63) is 23.9 Å². The molecule has 0 unspecified atom stereocenters. The lowest BCUT2D eigenvalue weighted by molar-refractivity contribution is -0.137. The molecular weight excluding hydrogens is 209 g/mol. The van der Waals surface area contributed by atoms with Crippen LogP contribution in [0.5, 0.6) is 5.88 Å². The fourth-order valence-corrected chi connectivity index (χ4v) is 0.709. The van der Waals surface area contributed by atoms with Crippen LogP contribution in [0.1, 0.15) is 5.56 Å². The molecule has 14 heavy (non-hydrogen) atoms. The Bertz CT molecular complexity index is 294. The van der Waals surface area contributed by atoms with E-state index in [1.807, 2.05) is 0 Å². The van der Waals surface area contributed by atoms with E-state index >= 15 is 0 Å². The van der Waals surface area contributed by atoms with Gasteiger partial charge in [-0.05, 0) is 6.07 Å². The lowest BCUT2D eigenvalue weighted by atomic mass is 10.3. The number of hydrogen-bond acceptors (Lipinski definition) is 2. The number of pyridine rings is 1. The number of rotatable bonds is 2. The summed E-state index contributed by atoms with van der Waals surface area (Å²) < 4.78 is 62.8. The van der Waals surface area contributed by atoms with Gasteiger partial charge in [0.1, 0.15) is 0 Å². The maximum atomic E-state index is 12.0. The minimum atomic E-state index is -4.53. The summed E-state index contributed by atoms with van der Waals surface area (Å²) in [6.45, 7) is -3.10. The first-order chi connectivity index (χ1) is 6.39. The van der Waals surface area contributed by atoms with Gasteiger partial charge in [0.05, 0.1) is 5.56 Å². The van der Waals surface area contributed by atoms with Crippen molar-refractivity contribution in [1.29, 1.82) is 0 Å². The first-order valence-corrected chi connectivity index (χ1v) is 3.37. The molecule has 2 nitrogen and oxygen atoms in total. The molecule has 0 N–H and O–H groups in total. The van der Waals surface area contributed by atoms with E-state index in [0.29, 0.717) is 12.3 Å². The van der Waals surface area contributed by atoms with Crippen LogP contribution in [-0.2, 0) is 6.18 Å². The van der Waals surface area contributed by atoms with E-state index < -0.39 is 24.2 Å². The largest absolute Gasteiger partial charge is 0.417 e. The van der Waals surface area contributed by atoms with Gasteiger partial charge in [-0.15, -0.1) is 0 Å². The third-order valence-electron chi connectivity index (χ3n) is 1.27. The Morgan fingerprint density at radius 2 is 1.86 bits per heavy atom. The van der Waals surface area contributed by atoms with E-state index in [2.05, 4.69) is 9.72 Å². The Morgan fingerprint density at radius 3 is 2.21 bits per heavy atom. The summed E-state index contributed by atoms with van der Waals surface area (Å²) >= 11 is 0. The molecule has 0 amide bonds. The van der Waals surface area contributed by atoms with Gasteiger partial charge >= 0.3 is 12.8 Å². The average molecular weight is 213 g/mol. The quantitative estimate of drug-likeness (QED) is 0.704. The summed E-state index contributed by atoms with van der Waals surface area (Å²) in [5.41, 5.74) is -1.01. The molecule has 0 radical (unpaired) electrons. The van der Waals surface area contributed by atoms with Crippen LogP contribution >= 0.6 is 0 Å². The average Bonchev–Trinajstić information content (AvgIpc) is 2.02. The molecule has 1 rings (SSSR count). The van der Waals surface area contributed by atoms with E-state index in [9.17, 15) is 22.0 Å². The minimum Gasteiger partial charge on any atom is -0.417 e. The molecule has 0 bridgehead atoms. The van der Waals surface area contributed by atoms with Crippen molar-refractivity contribution in [3.63, 3.8) is 0 Å². The second-order valence-corrected chi connectivity index (χ2v) is 2.26. The molecule has 0 aliphatic carbocycles. The highest BCUT2D eigenvalue weighted by atomic mass is 19.4. The van der Waals surface area contributed by atoms with Gasteiger partial charge < -0.3 is 4.74 Å². The Balaban J connectivity index is 2.79. The Kier molecular flexibility index (Phi) is 2.87. The predicted molar refractivity (Wildman–Crippen MR) is 35.9 cm³/mol. The zero-order chi connectivity index (χ0) is 10.8. The fraction of sp³-hybridized carbons (Fsp3) is 0.286. The van der Waals surface area contributed by atoms with Gasteiger partial charge in [-0.2, -0.15) is 22.0 Å². The van der Waals surface area contributed by atoms with Crippen molar-refractivity contribution in [1.82, 2.24) is 4.98 Å². The summed E-state index contributed by atoms with van der Waals surface area (Å²) in [6, 6.07) is 1.35. The molecule has 78 valence electrons. The van der Waals surface area contributed by atoms with Crippen LogP contribution in [0.15, 0.2) is 18.3 Å². The molecule has 0 aliphatic rings. The van der Waals surface area contributed by atoms with Crippen molar-refractivity contribution < 1.29 is 26.7 Å². The van der Waals surface area contributed by atoms with Crippen molar-refractivity contribution >= 4 is 0 Å². The standard InChI is InChI=1S/C7H4F5NO/c8-6(9)14-5-2-1-4(3-13-5)7(10,11)12/h1-3,6H. The van der Waals surface area contributed by atoms with Crippen molar-refractivity contribution in [2.24, 2.45) is 0 Å². The summed E-state index contributed by atoms with van der Waals surface area (Å²) in [5, 5.41) is 0. The molecule has 0 saturated carbocycles. The smallest absolute Gasteiger partial charge is 0.417 e. The molecule has 7 heteroatoms. The maximum Gasteiger partial charge on any atom is 0.417 e. The van der Waals surface area contributed by atoms with Crippen molar-refractivity contribution in [3.8, 4) is 5.88 Å². The van der Waals surface area contributed by atoms with E-state index in [1.165, 1.54) is 0 Å². The molecule has 0 aromatic carbocycles. The molecule has 0 aliphatic heterocycles.